The number of allylic oxidation sites excluding steroid dienone is 1. The maximum Gasteiger partial charge on any atom is 0.364 e. The molecule has 0 radical (unpaired) electrons. The van der Waals surface area contributed by atoms with Crippen molar-refractivity contribution < 1.29 is 18.7 Å². The van der Waals surface area contributed by atoms with E-state index in [9.17, 15) is 9.09 Å². The quantitative estimate of drug-likeness (QED) is 0.474. The largest absolute Gasteiger partial charge is 0.364 e. The van der Waals surface area contributed by atoms with Gasteiger partial charge in [-0.3, -0.25) is 4.57 Å². The maximum atomic E-state index is 10.9. The molecule has 5 heteroatoms. The van der Waals surface area contributed by atoms with Crippen molar-refractivity contribution in [2.75, 3.05) is 6.16 Å². The fourth-order valence-electron chi connectivity index (χ4n) is 0.191. The lowest BCUT2D eigenvalue weighted by Crippen LogP contribution is -1.82. The molecular formula is C3H6FO3P. The molecule has 0 spiro atoms. The van der Waals surface area contributed by atoms with Crippen LogP contribution in [-0.4, -0.2) is 11.1 Å². The van der Waals surface area contributed by atoms with Crippen LogP contribution in [0.1, 0.15) is 0 Å². The molecule has 0 fully saturated rings. The Morgan fingerprint density at radius 2 is 2.50 bits per heavy atom. The van der Waals surface area contributed by atoms with Crippen molar-refractivity contribution in [2.24, 2.45) is 0 Å². The Kier molecular flexibility index (Phi) is 2.90. The lowest BCUT2D eigenvalue weighted by atomic mass is 10.8. The normalized spacial score (nSPS) is 17.2. The molecule has 0 heterocycles. The molecule has 1 N–H and O–H groups in total. The molecule has 0 bridgehead atoms. The zero-order valence-corrected chi connectivity index (χ0v) is 4.97. The highest BCUT2D eigenvalue weighted by atomic mass is 31.2. The summed E-state index contributed by atoms with van der Waals surface area (Å²) in [5.74, 6) is 0. The lowest BCUT2D eigenvalue weighted by Gasteiger charge is -1.97. The Balaban J connectivity index is 3.72. The molecule has 48 valence electrons. The fourth-order valence-corrected chi connectivity index (χ4v) is 0.574. The summed E-state index contributed by atoms with van der Waals surface area (Å²) in [4.78, 5) is 8.21. The number of hydrogen-bond acceptors (Lipinski definition) is 2. The lowest BCUT2D eigenvalue weighted by molar-refractivity contribution is -0.0180. The molecule has 0 aliphatic heterocycles. The Bertz CT molecular complexity index is 124. The van der Waals surface area contributed by atoms with Crippen LogP contribution >= 0.6 is 7.60 Å². The summed E-state index contributed by atoms with van der Waals surface area (Å²) in [6.07, 6.45) is 0.754. The Morgan fingerprint density at radius 1 is 2.00 bits per heavy atom. The third-order valence-electron chi connectivity index (χ3n) is 0.468. The fraction of sp³-hybridized carbons (Fsp3) is 0.333. The molecule has 0 saturated carbocycles. The highest BCUT2D eigenvalue weighted by Gasteiger charge is 2.16. The van der Waals surface area contributed by atoms with E-state index in [-0.39, 0.29) is 6.16 Å². The highest BCUT2D eigenvalue weighted by Crippen LogP contribution is 2.41. The van der Waals surface area contributed by atoms with Gasteiger partial charge in [0.1, 0.15) is 0 Å². The molecule has 1 atom stereocenters. The van der Waals surface area contributed by atoms with Gasteiger partial charge in [0.25, 0.3) is 0 Å². The van der Waals surface area contributed by atoms with Gasteiger partial charge in [0.05, 0.1) is 6.16 Å². The van der Waals surface area contributed by atoms with Gasteiger partial charge in [0.2, 0.25) is 0 Å². The summed E-state index contributed by atoms with van der Waals surface area (Å²) in [5.41, 5.74) is 0. The second-order valence-electron chi connectivity index (χ2n) is 1.18. The molecule has 0 rings (SSSR count). The predicted molar refractivity (Wildman–Crippen MR) is 27.1 cm³/mol. The molecule has 0 aromatic heterocycles. The first-order chi connectivity index (χ1) is 3.62. The summed E-state index contributed by atoms with van der Waals surface area (Å²) in [6.45, 7) is 3.11. The second-order valence-corrected chi connectivity index (χ2v) is 2.96. The van der Waals surface area contributed by atoms with E-state index in [1.807, 2.05) is 0 Å². The van der Waals surface area contributed by atoms with Gasteiger partial charge in [-0.15, -0.1) is 11.3 Å². The van der Waals surface area contributed by atoms with Crippen molar-refractivity contribution in [1.82, 2.24) is 0 Å². The maximum absolute atomic E-state index is 10.9. The highest BCUT2D eigenvalue weighted by molar-refractivity contribution is 7.52. The molecule has 0 saturated heterocycles. The van der Waals surface area contributed by atoms with E-state index in [2.05, 4.69) is 11.3 Å². The van der Waals surface area contributed by atoms with Gasteiger partial charge in [-0.25, -0.2) is 0 Å². The molecule has 0 aliphatic carbocycles. The summed E-state index contributed by atoms with van der Waals surface area (Å²) in [6, 6.07) is 0. The second kappa shape index (κ2) is 2.97. The zero-order valence-electron chi connectivity index (χ0n) is 4.08. The van der Waals surface area contributed by atoms with Crippen molar-refractivity contribution in [3.63, 3.8) is 0 Å². The van der Waals surface area contributed by atoms with Gasteiger partial charge in [0.15, 0.2) is 0 Å². The van der Waals surface area contributed by atoms with Crippen molar-refractivity contribution in [3.8, 4) is 0 Å². The minimum absolute atomic E-state index is 0.358. The number of rotatable bonds is 3. The summed E-state index contributed by atoms with van der Waals surface area (Å²) >= 11 is 0. The predicted octanol–water partition coefficient (Wildman–Crippen LogP) is 1.26. The average molecular weight is 140 g/mol. The molecule has 3 nitrogen and oxygen atoms in total. The van der Waals surface area contributed by atoms with E-state index < -0.39 is 7.60 Å². The molecule has 0 aromatic rings. The minimum atomic E-state index is -3.96. The van der Waals surface area contributed by atoms with E-state index in [0.717, 1.165) is 6.08 Å². The van der Waals surface area contributed by atoms with Gasteiger partial charge in [-0.05, 0) is 4.53 Å². The summed E-state index contributed by atoms with van der Waals surface area (Å²) in [5, 5.41) is 0. The summed E-state index contributed by atoms with van der Waals surface area (Å²) < 4.78 is 23.7. The van der Waals surface area contributed by atoms with Gasteiger partial charge in [-0.2, -0.15) is 0 Å². The van der Waals surface area contributed by atoms with Crippen LogP contribution in [0.2, 0.25) is 0 Å². The van der Waals surface area contributed by atoms with Crippen LogP contribution in [0, 0.1) is 0 Å². The Morgan fingerprint density at radius 3 is 2.62 bits per heavy atom. The summed E-state index contributed by atoms with van der Waals surface area (Å²) in [7, 11) is -3.96. The number of halogens is 1. The molecule has 8 heavy (non-hydrogen) atoms. The molecule has 1 unspecified atom stereocenters. The first kappa shape index (κ1) is 7.82. The van der Waals surface area contributed by atoms with Crippen molar-refractivity contribution in [2.45, 2.75) is 0 Å². The number of hydrogen-bond donors (Lipinski definition) is 1. The standard InChI is InChI=1S/C3H6FO3P/c1-2-3-8(5,6)7-4/h2H,1,3H2,(H,5,6). The SMILES string of the molecule is C=CCP(=O)(O)OF. The van der Waals surface area contributed by atoms with E-state index in [4.69, 9.17) is 4.89 Å². The molecule has 0 aliphatic rings. The van der Waals surface area contributed by atoms with E-state index in [0.29, 0.717) is 0 Å². The third-order valence-corrected chi connectivity index (χ3v) is 1.40. The molecule has 0 aromatic carbocycles. The van der Waals surface area contributed by atoms with Crippen LogP contribution in [0.5, 0.6) is 0 Å². The van der Waals surface area contributed by atoms with Gasteiger partial charge < -0.3 is 4.89 Å². The molecule has 0 amide bonds. The van der Waals surface area contributed by atoms with Gasteiger partial charge >= 0.3 is 7.60 Å². The van der Waals surface area contributed by atoms with E-state index in [1.54, 1.807) is 0 Å². The van der Waals surface area contributed by atoms with Crippen LogP contribution in [0.4, 0.5) is 4.53 Å². The topological polar surface area (TPSA) is 46.5 Å². The third kappa shape index (κ3) is 2.91. The monoisotopic (exact) mass is 140 g/mol. The van der Waals surface area contributed by atoms with Crippen LogP contribution in [0.3, 0.4) is 0 Å². The zero-order chi connectivity index (χ0) is 6.62. The molecular weight excluding hydrogens is 134 g/mol. The van der Waals surface area contributed by atoms with E-state index >= 15 is 0 Å². The Hall–Kier alpha value is -0.180. The van der Waals surface area contributed by atoms with Crippen LogP contribution in [0.15, 0.2) is 12.7 Å². The first-order valence-electron chi connectivity index (χ1n) is 1.85. The first-order valence-corrected chi connectivity index (χ1v) is 3.61. The average Bonchev–Trinajstić information content (AvgIpc) is 1.67. The Labute approximate surface area is 46.2 Å². The van der Waals surface area contributed by atoms with Crippen LogP contribution in [0.25, 0.3) is 0 Å². The van der Waals surface area contributed by atoms with Crippen molar-refractivity contribution in [1.29, 1.82) is 0 Å². The van der Waals surface area contributed by atoms with Crippen molar-refractivity contribution >= 4 is 7.60 Å². The smallest absolute Gasteiger partial charge is 0.322 e. The van der Waals surface area contributed by atoms with Crippen LogP contribution < -0.4 is 0 Å². The van der Waals surface area contributed by atoms with Gasteiger partial charge in [0, 0.05) is 0 Å². The van der Waals surface area contributed by atoms with Crippen molar-refractivity contribution in [3.05, 3.63) is 12.7 Å². The van der Waals surface area contributed by atoms with Crippen LogP contribution in [-0.2, 0) is 9.29 Å². The van der Waals surface area contributed by atoms with E-state index in [1.165, 1.54) is 0 Å². The minimum Gasteiger partial charge on any atom is -0.322 e. The van der Waals surface area contributed by atoms with Gasteiger partial charge in [-0.1, -0.05) is 6.08 Å².